The number of nitrogens with zero attached hydrogens (tertiary/aromatic N) is 2. The molecule has 24 heavy (non-hydrogen) atoms. The second kappa shape index (κ2) is 5.85. The molecule has 1 aromatic heterocycles. The highest BCUT2D eigenvalue weighted by Crippen LogP contribution is 2.45. The predicted molar refractivity (Wildman–Crippen MR) is 99.4 cm³/mol. The molecule has 2 heterocycles. The van der Waals surface area contributed by atoms with Crippen molar-refractivity contribution in [2.45, 2.75) is 63.8 Å². The second-order valence-corrected chi connectivity index (χ2v) is 7.23. The van der Waals surface area contributed by atoms with E-state index in [0.29, 0.717) is 5.92 Å². The molecule has 0 amide bonds. The van der Waals surface area contributed by atoms with Gasteiger partial charge < -0.3 is 5.73 Å². The largest absolute Gasteiger partial charge is 0.322 e. The number of aromatic amines is 1. The molecular formula is C20H26N4. The van der Waals surface area contributed by atoms with Crippen LogP contribution in [0.2, 0.25) is 0 Å². The Balaban J connectivity index is 1.75. The number of benzene rings is 1. The number of aromatic nitrogens is 2. The first kappa shape index (κ1) is 15.6. The van der Waals surface area contributed by atoms with Crippen molar-refractivity contribution in [3.05, 3.63) is 41.2 Å². The van der Waals surface area contributed by atoms with Crippen molar-refractivity contribution in [1.82, 2.24) is 10.2 Å². The molecule has 1 aliphatic heterocycles. The van der Waals surface area contributed by atoms with Gasteiger partial charge in [-0.3, -0.25) is 10.1 Å². The van der Waals surface area contributed by atoms with Crippen LogP contribution in [0.3, 0.4) is 0 Å². The Morgan fingerprint density at radius 3 is 2.62 bits per heavy atom. The molecule has 1 aromatic carbocycles. The maximum Gasteiger partial charge on any atom is 0.0653 e. The van der Waals surface area contributed by atoms with E-state index >= 15 is 0 Å². The van der Waals surface area contributed by atoms with Gasteiger partial charge in [-0.05, 0) is 61.6 Å². The van der Waals surface area contributed by atoms with Crippen molar-refractivity contribution in [2.75, 3.05) is 0 Å². The van der Waals surface area contributed by atoms with Crippen molar-refractivity contribution in [2.24, 2.45) is 10.7 Å². The fourth-order valence-corrected chi connectivity index (χ4v) is 3.93. The summed E-state index contributed by atoms with van der Waals surface area (Å²) < 4.78 is 0. The lowest BCUT2D eigenvalue weighted by Gasteiger charge is -2.31. The zero-order valence-electron chi connectivity index (χ0n) is 14.6. The van der Waals surface area contributed by atoms with E-state index in [4.69, 9.17) is 10.7 Å². The molecule has 0 bridgehead atoms. The van der Waals surface area contributed by atoms with Crippen LogP contribution in [0, 0.1) is 0 Å². The van der Waals surface area contributed by atoms with Crippen molar-refractivity contribution >= 4 is 16.6 Å². The van der Waals surface area contributed by atoms with Crippen LogP contribution in [-0.4, -0.2) is 21.4 Å². The molecule has 1 aliphatic carbocycles. The Bertz CT molecular complexity index is 819. The monoisotopic (exact) mass is 322 g/mol. The van der Waals surface area contributed by atoms with E-state index < -0.39 is 0 Å². The third-order valence-corrected chi connectivity index (χ3v) is 5.87. The lowest BCUT2D eigenvalue weighted by atomic mass is 9.81. The summed E-state index contributed by atoms with van der Waals surface area (Å²) in [5.74, 6) is 0.675. The van der Waals surface area contributed by atoms with Crippen LogP contribution in [-0.2, 0) is 0 Å². The van der Waals surface area contributed by atoms with Crippen molar-refractivity contribution < 1.29 is 0 Å². The minimum absolute atomic E-state index is 0.192. The molecule has 2 aromatic rings. The van der Waals surface area contributed by atoms with E-state index in [1.54, 1.807) is 0 Å². The Morgan fingerprint density at radius 2 is 2.00 bits per heavy atom. The van der Waals surface area contributed by atoms with Crippen molar-refractivity contribution in [3.63, 3.8) is 0 Å². The maximum absolute atomic E-state index is 6.55. The summed E-state index contributed by atoms with van der Waals surface area (Å²) in [7, 11) is 0. The van der Waals surface area contributed by atoms with Gasteiger partial charge in [-0.15, -0.1) is 0 Å². The minimum Gasteiger partial charge on any atom is -0.322 e. The highest BCUT2D eigenvalue weighted by molar-refractivity contribution is 6.06. The van der Waals surface area contributed by atoms with Gasteiger partial charge in [-0.2, -0.15) is 5.10 Å². The standard InChI is InChI=1S/C20H26N4/c1-3-20(21,4-2)14-7-9-17(22-11-14)15-8-10-18-16(12-23-24-18)19(15)13-5-6-13/h8,10-13H,3-7,9,21H2,1-2H3,(H,23,24). The number of hydrogen-bond donors (Lipinski definition) is 2. The smallest absolute Gasteiger partial charge is 0.0653 e. The zero-order chi connectivity index (χ0) is 16.7. The summed E-state index contributed by atoms with van der Waals surface area (Å²) >= 11 is 0. The highest BCUT2D eigenvalue weighted by Gasteiger charge is 2.31. The quantitative estimate of drug-likeness (QED) is 0.855. The molecule has 4 heteroatoms. The predicted octanol–water partition coefficient (Wildman–Crippen LogP) is 4.42. The Morgan fingerprint density at radius 1 is 1.21 bits per heavy atom. The van der Waals surface area contributed by atoms with Gasteiger partial charge >= 0.3 is 0 Å². The van der Waals surface area contributed by atoms with Gasteiger partial charge in [-0.25, -0.2) is 0 Å². The average Bonchev–Trinajstić information content (AvgIpc) is 3.36. The first-order valence-corrected chi connectivity index (χ1v) is 9.17. The van der Waals surface area contributed by atoms with E-state index in [-0.39, 0.29) is 5.54 Å². The lowest BCUT2D eigenvalue weighted by molar-refractivity contribution is 0.448. The molecule has 0 atom stereocenters. The summed E-state index contributed by atoms with van der Waals surface area (Å²) in [6, 6.07) is 4.36. The SMILES string of the molecule is CCC(N)(CC)C1=CN=C(c2ccc3[nH]ncc3c2C2CC2)CC1. The average molecular weight is 322 g/mol. The topological polar surface area (TPSA) is 67.1 Å². The van der Waals surface area contributed by atoms with E-state index in [1.807, 2.05) is 12.4 Å². The van der Waals surface area contributed by atoms with Crippen LogP contribution in [0.5, 0.6) is 0 Å². The second-order valence-electron chi connectivity index (χ2n) is 7.23. The fourth-order valence-electron chi connectivity index (χ4n) is 3.93. The molecule has 126 valence electrons. The van der Waals surface area contributed by atoms with E-state index in [0.717, 1.165) is 31.2 Å². The molecule has 3 N–H and O–H groups in total. The maximum atomic E-state index is 6.55. The molecular weight excluding hydrogens is 296 g/mol. The van der Waals surface area contributed by atoms with Crippen LogP contribution in [0.15, 0.2) is 35.1 Å². The van der Waals surface area contributed by atoms with Gasteiger partial charge in [0.25, 0.3) is 0 Å². The molecule has 4 rings (SSSR count). The van der Waals surface area contributed by atoms with Gasteiger partial charge in [0.05, 0.1) is 11.7 Å². The summed E-state index contributed by atoms with van der Waals surface area (Å²) in [4.78, 5) is 4.85. The van der Waals surface area contributed by atoms with E-state index in [9.17, 15) is 0 Å². The van der Waals surface area contributed by atoms with Crippen LogP contribution in [0.1, 0.15) is 69.4 Å². The number of fused-ring (bicyclic) bond motifs is 1. The number of H-pyrrole nitrogens is 1. The molecule has 2 aliphatic rings. The Labute approximate surface area is 143 Å². The lowest BCUT2D eigenvalue weighted by Crippen LogP contribution is -2.41. The number of aliphatic imine (C=N–C) groups is 1. The molecule has 0 radical (unpaired) electrons. The molecule has 0 saturated heterocycles. The van der Waals surface area contributed by atoms with Crippen LogP contribution in [0.25, 0.3) is 10.9 Å². The Hall–Kier alpha value is -1.94. The normalized spacial score (nSPS) is 18.6. The fraction of sp³-hybridized carbons (Fsp3) is 0.500. The van der Waals surface area contributed by atoms with Crippen LogP contribution in [0.4, 0.5) is 0 Å². The van der Waals surface area contributed by atoms with Gasteiger partial charge in [0.15, 0.2) is 0 Å². The molecule has 0 unspecified atom stereocenters. The third-order valence-electron chi connectivity index (χ3n) is 5.87. The van der Waals surface area contributed by atoms with Gasteiger partial charge in [0.1, 0.15) is 0 Å². The third kappa shape index (κ3) is 2.49. The zero-order valence-corrected chi connectivity index (χ0v) is 14.6. The van der Waals surface area contributed by atoms with Crippen LogP contribution < -0.4 is 5.73 Å². The first-order valence-electron chi connectivity index (χ1n) is 9.17. The van der Waals surface area contributed by atoms with Crippen LogP contribution >= 0.6 is 0 Å². The Kier molecular flexibility index (Phi) is 3.80. The number of nitrogens with one attached hydrogen (secondary N) is 1. The first-order chi connectivity index (χ1) is 11.7. The molecule has 1 fully saturated rings. The summed E-state index contributed by atoms with van der Waals surface area (Å²) in [6.07, 6.45) is 10.5. The number of nitrogens with two attached hydrogens (primary N) is 1. The molecule has 0 spiro atoms. The van der Waals surface area contributed by atoms with Gasteiger partial charge in [-0.1, -0.05) is 19.9 Å². The molecule has 4 nitrogen and oxygen atoms in total. The van der Waals surface area contributed by atoms with Crippen molar-refractivity contribution in [1.29, 1.82) is 0 Å². The molecule has 1 saturated carbocycles. The van der Waals surface area contributed by atoms with Gasteiger partial charge in [0.2, 0.25) is 0 Å². The van der Waals surface area contributed by atoms with E-state index in [1.165, 1.54) is 40.6 Å². The summed E-state index contributed by atoms with van der Waals surface area (Å²) in [5.41, 5.74) is 12.8. The minimum atomic E-state index is -0.192. The summed E-state index contributed by atoms with van der Waals surface area (Å²) in [5, 5.41) is 8.59. The number of hydrogen-bond acceptors (Lipinski definition) is 3. The van der Waals surface area contributed by atoms with E-state index in [2.05, 4.69) is 36.2 Å². The van der Waals surface area contributed by atoms with Crippen molar-refractivity contribution in [3.8, 4) is 0 Å². The summed E-state index contributed by atoms with van der Waals surface area (Å²) in [6.45, 7) is 4.34. The van der Waals surface area contributed by atoms with Gasteiger partial charge in [0, 0.05) is 28.4 Å². The highest BCUT2D eigenvalue weighted by atomic mass is 15.1. The number of rotatable bonds is 5.